The molecular formula is C19H24N4O3. The van der Waals surface area contributed by atoms with E-state index in [0.717, 1.165) is 18.5 Å². The van der Waals surface area contributed by atoms with Gasteiger partial charge in [0.1, 0.15) is 17.4 Å². The van der Waals surface area contributed by atoms with E-state index in [-0.39, 0.29) is 11.5 Å². The summed E-state index contributed by atoms with van der Waals surface area (Å²) in [7, 11) is 1.56. The van der Waals surface area contributed by atoms with E-state index in [1.165, 1.54) is 6.20 Å². The lowest BCUT2D eigenvalue weighted by Gasteiger charge is -2.15. The molecular weight excluding hydrogens is 332 g/mol. The van der Waals surface area contributed by atoms with Gasteiger partial charge in [-0.2, -0.15) is 5.26 Å². The van der Waals surface area contributed by atoms with Crippen LogP contribution in [0.1, 0.15) is 24.8 Å². The van der Waals surface area contributed by atoms with E-state index >= 15 is 0 Å². The fourth-order valence-corrected chi connectivity index (χ4v) is 2.74. The van der Waals surface area contributed by atoms with Crippen molar-refractivity contribution in [2.75, 3.05) is 32.1 Å². The zero-order valence-electron chi connectivity index (χ0n) is 15.2. The lowest BCUT2D eigenvalue weighted by Crippen LogP contribution is -2.31. The van der Waals surface area contributed by atoms with Gasteiger partial charge in [-0.3, -0.25) is 9.59 Å². The maximum absolute atomic E-state index is 12.1. The zero-order valence-corrected chi connectivity index (χ0v) is 15.2. The van der Waals surface area contributed by atoms with Gasteiger partial charge in [-0.25, -0.2) is 0 Å². The lowest BCUT2D eigenvalue weighted by molar-refractivity contribution is -0.127. The van der Waals surface area contributed by atoms with Gasteiger partial charge in [-0.05, 0) is 37.5 Å². The minimum atomic E-state index is -0.445. The van der Waals surface area contributed by atoms with E-state index in [4.69, 9.17) is 4.74 Å². The molecule has 0 radical (unpaired) electrons. The topological polar surface area (TPSA) is 94.5 Å². The van der Waals surface area contributed by atoms with Crippen molar-refractivity contribution in [3.05, 3.63) is 35.5 Å². The number of nitriles is 1. The fourth-order valence-electron chi connectivity index (χ4n) is 2.74. The molecule has 7 heteroatoms. The molecule has 1 fully saturated rings. The third-order valence-corrected chi connectivity index (χ3v) is 4.15. The predicted molar refractivity (Wildman–Crippen MR) is 98.5 cm³/mol. The number of nitrogens with zero attached hydrogens (tertiary/aromatic N) is 2. The second-order valence-electron chi connectivity index (χ2n) is 6.11. The number of carbonyl (C=O) groups is 2. The molecule has 0 spiro atoms. The minimum Gasteiger partial charge on any atom is -0.495 e. The first kappa shape index (κ1) is 19.3. The Kier molecular flexibility index (Phi) is 7.03. The maximum Gasteiger partial charge on any atom is 0.263 e. The van der Waals surface area contributed by atoms with Gasteiger partial charge in [0, 0.05) is 32.3 Å². The van der Waals surface area contributed by atoms with Crippen molar-refractivity contribution < 1.29 is 14.3 Å². The van der Waals surface area contributed by atoms with Crippen molar-refractivity contribution in [3.63, 3.8) is 0 Å². The third-order valence-electron chi connectivity index (χ3n) is 4.15. The van der Waals surface area contributed by atoms with Crippen LogP contribution in [0.5, 0.6) is 5.75 Å². The second-order valence-corrected chi connectivity index (χ2v) is 6.11. The van der Waals surface area contributed by atoms with Crippen LogP contribution < -0.4 is 15.4 Å². The number of anilines is 1. The maximum atomic E-state index is 12.1. The Balaban J connectivity index is 1.86. The van der Waals surface area contributed by atoms with E-state index in [1.807, 2.05) is 31.2 Å². The molecule has 1 aromatic carbocycles. The van der Waals surface area contributed by atoms with Gasteiger partial charge in [0.2, 0.25) is 5.91 Å². The summed E-state index contributed by atoms with van der Waals surface area (Å²) in [4.78, 5) is 25.4. The van der Waals surface area contributed by atoms with Crippen molar-refractivity contribution in [1.29, 1.82) is 5.26 Å². The Labute approximate surface area is 153 Å². The first-order valence-electron chi connectivity index (χ1n) is 8.62. The summed E-state index contributed by atoms with van der Waals surface area (Å²) in [6.07, 6.45) is 3.55. The number of benzene rings is 1. The Bertz CT molecular complexity index is 737. The monoisotopic (exact) mass is 356 g/mol. The number of hydrogen-bond acceptors (Lipinski definition) is 5. The molecule has 7 nitrogen and oxygen atoms in total. The van der Waals surface area contributed by atoms with Crippen molar-refractivity contribution >= 4 is 17.5 Å². The van der Waals surface area contributed by atoms with Crippen molar-refractivity contribution in [2.24, 2.45) is 0 Å². The predicted octanol–water partition coefficient (Wildman–Crippen LogP) is 1.95. The molecule has 0 atom stereocenters. The van der Waals surface area contributed by atoms with Gasteiger partial charge in [-0.15, -0.1) is 0 Å². The number of hydrogen-bond donors (Lipinski definition) is 2. The SMILES string of the molecule is COc1ccc(C)cc1N/C=C(/C#N)C(=O)NCCCN1CCCC1=O. The summed E-state index contributed by atoms with van der Waals surface area (Å²) in [5.74, 6) is 0.351. The fraction of sp³-hybridized carbons (Fsp3) is 0.421. The number of rotatable bonds is 8. The molecule has 1 heterocycles. The average molecular weight is 356 g/mol. The number of aryl methyl sites for hydroxylation is 1. The van der Waals surface area contributed by atoms with Crippen molar-refractivity contribution in [2.45, 2.75) is 26.2 Å². The van der Waals surface area contributed by atoms with Crippen molar-refractivity contribution in [1.82, 2.24) is 10.2 Å². The molecule has 138 valence electrons. The van der Waals surface area contributed by atoms with Crippen LogP contribution in [-0.4, -0.2) is 43.5 Å². The Morgan fingerprint density at radius 2 is 2.27 bits per heavy atom. The molecule has 0 bridgehead atoms. The quantitative estimate of drug-likeness (QED) is 0.422. The Morgan fingerprint density at radius 3 is 2.92 bits per heavy atom. The van der Waals surface area contributed by atoms with Crippen LogP contribution in [0.3, 0.4) is 0 Å². The number of amides is 2. The summed E-state index contributed by atoms with van der Waals surface area (Å²) >= 11 is 0. The molecule has 0 aliphatic carbocycles. The van der Waals surface area contributed by atoms with E-state index in [9.17, 15) is 14.9 Å². The van der Waals surface area contributed by atoms with Crippen LogP contribution in [0, 0.1) is 18.3 Å². The number of likely N-dealkylation sites (tertiary alicyclic amines) is 1. The summed E-state index contributed by atoms with van der Waals surface area (Å²) in [6.45, 7) is 3.77. The smallest absolute Gasteiger partial charge is 0.263 e. The number of ether oxygens (including phenoxy) is 1. The van der Waals surface area contributed by atoms with Crippen molar-refractivity contribution in [3.8, 4) is 11.8 Å². The standard InChI is InChI=1S/C19H24N4O3/c1-14-6-7-17(26-2)16(11-14)22-13-15(12-20)19(25)21-8-4-10-23-9-3-5-18(23)24/h6-7,11,13,22H,3-5,8-10H2,1-2H3,(H,21,25)/b15-13-. The van der Waals surface area contributed by atoms with Gasteiger partial charge in [0.25, 0.3) is 5.91 Å². The van der Waals surface area contributed by atoms with Crippen LogP contribution in [0.2, 0.25) is 0 Å². The second kappa shape index (κ2) is 9.47. The first-order chi connectivity index (χ1) is 12.5. The molecule has 26 heavy (non-hydrogen) atoms. The summed E-state index contributed by atoms with van der Waals surface area (Å²) in [5, 5.41) is 14.9. The van der Waals surface area contributed by atoms with E-state index in [0.29, 0.717) is 37.4 Å². The van der Waals surface area contributed by atoms with Gasteiger partial charge < -0.3 is 20.3 Å². The van der Waals surface area contributed by atoms with Crippen LogP contribution in [0.4, 0.5) is 5.69 Å². The lowest BCUT2D eigenvalue weighted by atomic mass is 10.2. The van der Waals surface area contributed by atoms with E-state index < -0.39 is 5.91 Å². The van der Waals surface area contributed by atoms with Gasteiger partial charge in [0.15, 0.2) is 0 Å². The molecule has 2 N–H and O–H groups in total. The highest BCUT2D eigenvalue weighted by molar-refractivity contribution is 5.97. The van der Waals surface area contributed by atoms with Gasteiger partial charge in [-0.1, -0.05) is 6.07 Å². The number of carbonyl (C=O) groups excluding carboxylic acids is 2. The van der Waals surface area contributed by atoms with Crippen LogP contribution >= 0.6 is 0 Å². The van der Waals surface area contributed by atoms with Gasteiger partial charge >= 0.3 is 0 Å². The molecule has 0 saturated carbocycles. The highest BCUT2D eigenvalue weighted by Crippen LogP contribution is 2.25. The molecule has 2 rings (SSSR count). The molecule has 2 amide bonds. The van der Waals surface area contributed by atoms with Gasteiger partial charge in [0.05, 0.1) is 12.8 Å². The summed E-state index contributed by atoms with van der Waals surface area (Å²) in [5.41, 5.74) is 1.69. The molecule has 1 aliphatic rings. The number of nitrogens with one attached hydrogen (secondary N) is 2. The Hall–Kier alpha value is -3.01. The summed E-state index contributed by atoms with van der Waals surface area (Å²) < 4.78 is 5.26. The average Bonchev–Trinajstić information content (AvgIpc) is 3.04. The molecule has 0 unspecified atom stereocenters. The van der Waals surface area contributed by atoms with Crippen LogP contribution in [-0.2, 0) is 9.59 Å². The normalized spacial score (nSPS) is 14.1. The number of methoxy groups -OCH3 is 1. The zero-order chi connectivity index (χ0) is 18.9. The van der Waals surface area contributed by atoms with E-state index in [2.05, 4.69) is 10.6 Å². The summed E-state index contributed by atoms with van der Waals surface area (Å²) in [6, 6.07) is 7.49. The Morgan fingerprint density at radius 1 is 1.46 bits per heavy atom. The molecule has 0 aromatic heterocycles. The largest absolute Gasteiger partial charge is 0.495 e. The minimum absolute atomic E-state index is 0.0224. The van der Waals surface area contributed by atoms with Crippen LogP contribution in [0.25, 0.3) is 0 Å². The highest BCUT2D eigenvalue weighted by atomic mass is 16.5. The molecule has 1 aliphatic heterocycles. The molecule has 1 aromatic rings. The molecule has 1 saturated heterocycles. The van der Waals surface area contributed by atoms with E-state index in [1.54, 1.807) is 12.0 Å². The third kappa shape index (κ3) is 5.24. The van der Waals surface area contributed by atoms with Crippen LogP contribution in [0.15, 0.2) is 30.0 Å². The highest BCUT2D eigenvalue weighted by Gasteiger charge is 2.19. The first-order valence-corrected chi connectivity index (χ1v) is 8.62.